The molecule has 1 nitrogen and oxygen atoms in total. The third-order valence-corrected chi connectivity index (χ3v) is 3.19. The van der Waals surface area contributed by atoms with Gasteiger partial charge in [-0.05, 0) is 51.8 Å². The minimum Gasteiger partial charge on any atom is -0.311 e. The molecule has 1 aromatic carbocycles. The van der Waals surface area contributed by atoms with Gasteiger partial charge in [0.1, 0.15) is 0 Å². The Labute approximate surface area is 106 Å². The van der Waals surface area contributed by atoms with Gasteiger partial charge in [-0.1, -0.05) is 42.3 Å². The van der Waals surface area contributed by atoms with Crippen LogP contribution in [0.1, 0.15) is 43.9 Å². The van der Waals surface area contributed by atoms with Crippen LogP contribution < -0.4 is 5.32 Å². The minimum atomic E-state index is 0.454. The van der Waals surface area contributed by atoms with Gasteiger partial charge in [0.15, 0.2) is 0 Å². The largest absolute Gasteiger partial charge is 0.311 e. The molecule has 0 saturated heterocycles. The van der Waals surface area contributed by atoms with E-state index in [4.69, 9.17) is 0 Å². The number of nitrogens with one attached hydrogen (secondary N) is 1. The zero-order valence-corrected chi connectivity index (χ0v) is 11.8. The molecule has 94 valence electrons. The van der Waals surface area contributed by atoms with E-state index in [1.165, 1.54) is 28.7 Å². The predicted octanol–water partition coefficient (Wildman–Crippen LogP) is 4.09. The van der Waals surface area contributed by atoms with Crippen molar-refractivity contribution in [3.63, 3.8) is 0 Å². The third-order valence-electron chi connectivity index (χ3n) is 3.19. The lowest BCUT2D eigenvalue weighted by Crippen LogP contribution is -2.27. The highest BCUT2D eigenvalue weighted by Gasteiger charge is 2.03. The number of hydrogen-bond acceptors (Lipinski definition) is 1. The van der Waals surface area contributed by atoms with Crippen LogP contribution in [-0.2, 0) is 0 Å². The zero-order chi connectivity index (χ0) is 12.8. The Morgan fingerprint density at radius 3 is 2.65 bits per heavy atom. The molecule has 0 aromatic heterocycles. The van der Waals surface area contributed by atoms with Gasteiger partial charge >= 0.3 is 0 Å². The molecule has 0 aliphatic heterocycles. The molecule has 1 unspecified atom stereocenters. The van der Waals surface area contributed by atoms with Crippen molar-refractivity contribution in [3.8, 4) is 0 Å². The number of benzene rings is 1. The Morgan fingerprint density at radius 1 is 1.35 bits per heavy atom. The third kappa shape index (κ3) is 4.35. The van der Waals surface area contributed by atoms with Gasteiger partial charge < -0.3 is 5.32 Å². The summed E-state index contributed by atoms with van der Waals surface area (Å²) in [5.41, 5.74) is 5.41. The first kappa shape index (κ1) is 14.0. The van der Waals surface area contributed by atoms with E-state index in [2.05, 4.69) is 64.2 Å². The average molecular weight is 231 g/mol. The van der Waals surface area contributed by atoms with Crippen LogP contribution in [0.4, 0.5) is 0 Å². The average Bonchev–Trinajstić information content (AvgIpc) is 2.29. The summed E-state index contributed by atoms with van der Waals surface area (Å²) in [7, 11) is 0. The SMILES string of the molecule is CCCNC(C)/C(C)=C/c1ccc(C)cc1C. The van der Waals surface area contributed by atoms with Gasteiger partial charge in [-0.3, -0.25) is 0 Å². The number of rotatable bonds is 5. The summed E-state index contributed by atoms with van der Waals surface area (Å²) in [6.45, 7) is 12.0. The summed E-state index contributed by atoms with van der Waals surface area (Å²) < 4.78 is 0. The van der Waals surface area contributed by atoms with Crippen molar-refractivity contribution < 1.29 is 0 Å². The van der Waals surface area contributed by atoms with Crippen LogP contribution in [0.3, 0.4) is 0 Å². The van der Waals surface area contributed by atoms with Gasteiger partial charge in [0, 0.05) is 6.04 Å². The van der Waals surface area contributed by atoms with Crippen molar-refractivity contribution in [2.75, 3.05) is 6.54 Å². The first-order valence-corrected chi connectivity index (χ1v) is 6.53. The maximum absolute atomic E-state index is 3.51. The van der Waals surface area contributed by atoms with Gasteiger partial charge in [-0.2, -0.15) is 0 Å². The Hall–Kier alpha value is -1.08. The second-order valence-corrected chi connectivity index (χ2v) is 4.92. The second kappa shape index (κ2) is 6.61. The van der Waals surface area contributed by atoms with E-state index in [1.807, 2.05) is 0 Å². The van der Waals surface area contributed by atoms with E-state index in [0.29, 0.717) is 6.04 Å². The lowest BCUT2D eigenvalue weighted by atomic mass is 10.0. The molecule has 1 aromatic rings. The number of hydrogen-bond donors (Lipinski definition) is 1. The maximum atomic E-state index is 3.51. The van der Waals surface area contributed by atoms with Crippen LogP contribution >= 0.6 is 0 Å². The summed E-state index contributed by atoms with van der Waals surface area (Å²) in [6.07, 6.45) is 3.48. The molecule has 1 N–H and O–H groups in total. The fourth-order valence-corrected chi connectivity index (χ4v) is 1.88. The van der Waals surface area contributed by atoms with Gasteiger partial charge in [-0.15, -0.1) is 0 Å². The highest BCUT2D eigenvalue weighted by atomic mass is 14.9. The van der Waals surface area contributed by atoms with Crippen LogP contribution in [0.25, 0.3) is 6.08 Å². The van der Waals surface area contributed by atoms with E-state index in [0.717, 1.165) is 6.54 Å². The molecular weight excluding hydrogens is 206 g/mol. The fourth-order valence-electron chi connectivity index (χ4n) is 1.88. The molecule has 1 atom stereocenters. The highest BCUT2D eigenvalue weighted by Crippen LogP contribution is 2.15. The Morgan fingerprint density at radius 2 is 2.06 bits per heavy atom. The molecule has 0 amide bonds. The van der Waals surface area contributed by atoms with E-state index in [1.54, 1.807) is 0 Å². The molecule has 0 aliphatic carbocycles. The van der Waals surface area contributed by atoms with Crippen molar-refractivity contribution in [1.82, 2.24) is 5.32 Å². The predicted molar refractivity (Wildman–Crippen MR) is 77.3 cm³/mol. The molecular formula is C16H25N. The van der Waals surface area contributed by atoms with Crippen LogP contribution in [0.15, 0.2) is 23.8 Å². The maximum Gasteiger partial charge on any atom is 0.0251 e. The zero-order valence-electron chi connectivity index (χ0n) is 11.8. The van der Waals surface area contributed by atoms with Crippen LogP contribution in [-0.4, -0.2) is 12.6 Å². The topological polar surface area (TPSA) is 12.0 Å². The molecule has 1 heteroatoms. The molecule has 0 fully saturated rings. The quantitative estimate of drug-likeness (QED) is 0.804. The minimum absolute atomic E-state index is 0.454. The van der Waals surface area contributed by atoms with Gasteiger partial charge in [0.05, 0.1) is 0 Å². The summed E-state index contributed by atoms with van der Waals surface area (Å²) in [5, 5.41) is 3.51. The van der Waals surface area contributed by atoms with Crippen LogP contribution in [0, 0.1) is 13.8 Å². The molecule has 17 heavy (non-hydrogen) atoms. The van der Waals surface area contributed by atoms with Crippen molar-refractivity contribution >= 4 is 6.08 Å². The normalized spacial score (nSPS) is 13.8. The molecule has 0 aliphatic rings. The van der Waals surface area contributed by atoms with Crippen molar-refractivity contribution in [1.29, 1.82) is 0 Å². The summed E-state index contributed by atoms with van der Waals surface area (Å²) in [6, 6.07) is 7.08. The Balaban J connectivity index is 2.79. The van der Waals surface area contributed by atoms with Gasteiger partial charge in [-0.25, -0.2) is 0 Å². The monoisotopic (exact) mass is 231 g/mol. The first-order chi connectivity index (χ1) is 8.04. The standard InChI is InChI=1S/C16H25N/c1-6-9-17-15(5)13(3)11-16-8-7-12(2)10-14(16)4/h7-8,10-11,15,17H,6,9H2,1-5H3/b13-11+. The number of aryl methyl sites for hydroxylation is 2. The molecule has 0 heterocycles. The molecule has 0 radical (unpaired) electrons. The molecule has 0 spiro atoms. The molecule has 1 rings (SSSR count). The highest BCUT2D eigenvalue weighted by molar-refractivity contribution is 5.57. The summed E-state index contributed by atoms with van der Waals surface area (Å²) >= 11 is 0. The van der Waals surface area contributed by atoms with E-state index < -0.39 is 0 Å². The van der Waals surface area contributed by atoms with Crippen molar-refractivity contribution in [3.05, 3.63) is 40.5 Å². The fraction of sp³-hybridized carbons (Fsp3) is 0.500. The van der Waals surface area contributed by atoms with Crippen LogP contribution in [0.5, 0.6) is 0 Å². The Kier molecular flexibility index (Phi) is 5.43. The lowest BCUT2D eigenvalue weighted by molar-refractivity contribution is 0.604. The lowest BCUT2D eigenvalue weighted by Gasteiger charge is -2.14. The van der Waals surface area contributed by atoms with Crippen LogP contribution in [0.2, 0.25) is 0 Å². The Bertz CT molecular complexity index is 391. The van der Waals surface area contributed by atoms with E-state index in [-0.39, 0.29) is 0 Å². The molecule has 0 bridgehead atoms. The summed E-state index contributed by atoms with van der Waals surface area (Å²) in [4.78, 5) is 0. The van der Waals surface area contributed by atoms with Crippen molar-refractivity contribution in [2.45, 2.75) is 47.1 Å². The van der Waals surface area contributed by atoms with E-state index in [9.17, 15) is 0 Å². The smallest absolute Gasteiger partial charge is 0.0251 e. The van der Waals surface area contributed by atoms with Crippen molar-refractivity contribution in [2.24, 2.45) is 0 Å². The second-order valence-electron chi connectivity index (χ2n) is 4.92. The first-order valence-electron chi connectivity index (χ1n) is 6.53. The van der Waals surface area contributed by atoms with E-state index >= 15 is 0 Å². The van der Waals surface area contributed by atoms with Gasteiger partial charge in [0.2, 0.25) is 0 Å². The molecule has 0 saturated carbocycles. The van der Waals surface area contributed by atoms with Gasteiger partial charge in [0.25, 0.3) is 0 Å². The summed E-state index contributed by atoms with van der Waals surface area (Å²) in [5.74, 6) is 0.